The topological polar surface area (TPSA) is 79.2 Å². The molecule has 154 valence electrons. The second kappa shape index (κ2) is 6.96. The summed E-state index contributed by atoms with van der Waals surface area (Å²) in [7, 11) is 0. The van der Waals surface area contributed by atoms with Crippen LogP contribution in [0, 0.1) is 5.82 Å². The van der Waals surface area contributed by atoms with E-state index in [9.17, 15) is 9.18 Å². The highest BCUT2D eigenvalue weighted by atomic mass is 79.9. The molecule has 0 unspecified atom stereocenters. The summed E-state index contributed by atoms with van der Waals surface area (Å²) in [6.07, 6.45) is 3.86. The van der Waals surface area contributed by atoms with Gasteiger partial charge in [0, 0.05) is 18.7 Å². The first kappa shape index (κ1) is 18.6. The van der Waals surface area contributed by atoms with Crippen LogP contribution in [0.4, 0.5) is 4.39 Å². The lowest BCUT2D eigenvalue weighted by atomic mass is 10.0. The van der Waals surface area contributed by atoms with Gasteiger partial charge in [-0.15, -0.1) is 11.3 Å². The van der Waals surface area contributed by atoms with Crippen LogP contribution in [0.25, 0.3) is 15.7 Å². The highest BCUT2D eigenvalue weighted by Crippen LogP contribution is 2.38. The third kappa shape index (κ3) is 2.82. The van der Waals surface area contributed by atoms with Gasteiger partial charge in [-0.1, -0.05) is 12.1 Å². The number of nitrogens with one attached hydrogen (secondary N) is 1. The summed E-state index contributed by atoms with van der Waals surface area (Å²) in [6.45, 7) is 0.489. The summed E-state index contributed by atoms with van der Waals surface area (Å²) in [4.78, 5) is 27.7. The molecule has 31 heavy (non-hydrogen) atoms. The zero-order chi connectivity index (χ0) is 21.1. The largest absolute Gasteiger partial charge is 0.348 e. The Hall–Kier alpha value is -3.11. The number of halogens is 2. The third-order valence-electron chi connectivity index (χ3n) is 5.53. The first-order valence-corrected chi connectivity index (χ1v) is 11.2. The average Bonchev–Trinajstić information content (AvgIpc) is 3.50. The first-order chi connectivity index (χ1) is 15.1. The standard InChI is InChI=1S/C21H14BrFN6OS/c22-16-6-2-4-14-11(9-26-29(14)16)21(30)28-8-7-13-18(25-10-24-13)19(28)20-27-17-12(23)3-1-5-15(17)31-20/h1-6,9-10,19H,7-8H2,(H,24,25)/t19-/m0/s1. The molecule has 4 aromatic heterocycles. The summed E-state index contributed by atoms with van der Waals surface area (Å²) < 4.78 is 17.5. The number of fused-ring (bicyclic) bond motifs is 3. The lowest BCUT2D eigenvalue weighted by Gasteiger charge is -2.33. The van der Waals surface area contributed by atoms with Crippen LogP contribution >= 0.6 is 27.3 Å². The van der Waals surface area contributed by atoms with Gasteiger partial charge < -0.3 is 9.88 Å². The van der Waals surface area contributed by atoms with Crippen LogP contribution in [0.15, 0.2) is 53.5 Å². The van der Waals surface area contributed by atoms with E-state index in [1.807, 2.05) is 24.3 Å². The summed E-state index contributed by atoms with van der Waals surface area (Å²) in [5.41, 5.74) is 3.24. The molecule has 0 fully saturated rings. The predicted octanol–water partition coefficient (Wildman–Crippen LogP) is 4.36. The number of nitrogens with zero attached hydrogens (tertiary/aromatic N) is 5. The van der Waals surface area contributed by atoms with Gasteiger partial charge in [-0.3, -0.25) is 4.79 Å². The normalized spacial score (nSPS) is 16.2. The molecule has 1 amide bonds. The van der Waals surface area contributed by atoms with Crippen LogP contribution in [0.3, 0.4) is 0 Å². The lowest BCUT2D eigenvalue weighted by molar-refractivity contribution is 0.0692. The molecule has 0 spiro atoms. The van der Waals surface area contributed by atoms with E-state index in [2.05, 4.69) is 36.0 Å². The second-order valence-corrected chi connectivity index (χ2v) is 9.13. The number of pyridine rings is 1. The quantitative estimate of drug-likeness (QED) is 0.368. The molecule has 10 heteroatoms. The molecule has 0 saturated carbocycles. The van der Waals surface area contributed by atoms with Crippen molar-refractivity contribution in [3.8, 4) is 0 Å². The molecule has 5 heterocycles. The number of hydrogen-bond donors (Lipinski definition) is 1. The Morgan fingerprint density at radius 1 is 1.26 bits per heavy atom. The molecule has 1 aromatic carbocycles. The van der Waals surface area contributed by atoms with Gasteiger partial charge in [0.25, 0.3) is 5.91 Å². The van der Waals surface area contributed by atoms with E-state index in [4.69, 9.17) is 0 Å². The number of H-pyrrole nitrogens is 1. The molecule has 1 N–H and O–H groups in total. The third-order valence-corrected chi connectivity index (χ3v) is 7.21. The molecule has 5 aromatic rings. The zero-order valence-electron chi connectivity index (χ0n) is 15.9. The van der Waals surface area contributed by atoms with Gasteiger partial charge in [0.15, 0.2) is 0 Å². The number of benzene rings is 1. The Morgan fingerprint density at radius 3 is 3.00 bits per heavy atom. The number of rotatable bonds is 2. The molecule has 7 nitrogen and oxygen atoms in total. The van der Waals surface area contributed by atoms with Gasteiger partial charge in [0.2, 0.25) is 0 Å². The highest BCUT2D eigenvalue weighted by molar-refractivity contribution is 9.10. The minimum absolute atomic E-state index is 0.161. The summed E-state index contributed by atoms with van der Waals surface area (Å²) in [5, 5.41) is 4.99. The van der Waals surface area contributed by atoms with E-state index in [1.165, 1.54) is 17.4 Å². The van der Waals surface area contributed by atoms with Crippen molar-refractivity contribution in [2.45, 2.75) is 12.5 Å². The van der Waals surface area contributed by atoms with Crippen molar-refractivity contribution in [2.24, 2.45) is 0 Å². The van der Waals surface area contributed by atoms with Crippen LogP contribution in [0.1, 0.15) is 32.8 Å². The van der Waals surface area contributed by atoms with Gasteiger partial charge in [0.05, 0.1) is 34.0 Å². The fraction of sp³-hybridized carbons (Fsp3) is 0.143. The number of para-hydroxylation sites is 1. The van der Waals surface area contributed by atoms with Gasteiger partial charge in [-0.2, -0.15) is 5.10 Å². The fourth-order valence-electron chi connectivity index (χ4n) is 4.09. The maximum Gasteiger partial charge on any atom is 0.258 e. The van der Waals surface area contributed by atoms with E-state index in [1.54, 1.807) is 28.0 Å². The fourth-order valence-corrected chi connectivity index (χ4v) is 5.63. The molecule has 1 aliphatic rings. The van der Waals surface area contributed by atoms with Crippen molar-refractivity contribution in [1.29, 1.82) is 0 Å². The molecule has 0 bridgehead atoms. The van der Waals surface area contributed by atoms with E-state index in [0.29, 0.717) is 34.6 Å². The van der Waals surface area contributed by atoms with Crippen molar-refractivity contribution in [2.75, 3.05) is 6.54 Å². The molecule has 0 radical (unpaired) electrons. The number of amides is 1. The molecular formula is C21H14BrFN6OS. The van der Waals surface area contributed by atoms with Gasteiger partial charge in [0.1, 0.15) is 27.0 Å². The summed E-state index contributed by atoms with van der Waals surface area (Å²) >= 11 is 4.85. The minimum atomic E-state index is -0.499. The number of aromatic nitrogens is 5. The van der Waals surface area contributed by atoms with Gasteiger partial charge >= 0.3 is 0 Å². The Morgan fingerprint density at radius 2 is 2.13 bits per heavy atom. The highest BCUT2D eigenvalue weighted by Gasteiger charge is 2.37. The predicted molar refractivity (Wildman–Crippen MR) is 118 cm³/mol. The van der Waals surface area contributed by atoms with Crippen molar-refractivity contribution >= 4 is 48.9 Å². The molecular weight excluding hydrogens is 483 g/mol. The summed E-state index contributed by atoms with van der Waals surface area (Å²) in [5.74, 6) is -0.533. The van der Waals surface area contributed by atoms with Crippen molar-refractivity contribution in [3.05, 3.63) is 81.3 Å². The van der Waals surface area contributed by atoms with Crippen LogP contribution in [-0.2, 0) is 6.42 Å². The van der Waals surface area contributed by atoms with Crippen LogP contribution in [0.2, 0.25) is 0 Å². The van der Waals surface area contributed by atoms with E-state index in [-0.39, 0.29) is 11.7 Å². The monoisotopic (exact) mass is 496 g/mol. The maximum absolute atomic E-state index is 14.3. The number of hydrogen-bond acceptors (Lipinski definition) is 5. The molecule has 1 atom stereocenters. The lowest BCUT2D eigenvalue weighted by Crippen LogP contribution is -2.40. The number of aromatic amines is 1. The van der Waals surface area contributed by atoms with E-state index in [0.717, 1.165) is 20.7 Å². The van der Waals surface area contributed by atoms with Crippen LogP contribution in [-0.4, -0.2) is 41.9 Å². The Balaban J connectivity index is 1.50. The first-order valence-electron chi connectivity index (χ1n) is 9.62. The number of carbonyl (C=O) groups is 1. The molecule has 0 saturated heterocycles. The van der Waals surface area contributed by atoms with Crippen LogP contribution in [0.5, 0.6) is 0 Å². The number of thiazole rings is 1. The smallest absolute Gasteiger partial charge is 0.258 e. The van der Waals surface area contributed by atoms with Gasteiger partial charge in [-0.25, -0.2) is 18.9 Å². The minimum Gasteiger partial charge on any atom is -0.348 e. The summed E-state index contributed by atoms with van der Waals surface area (Å²) in [6, 6.07) is 9.99. The number of carbonyl (C=O) groups excluding carboxylic acids is 1. The van der Waals surface area contributed by atoms with E-state index >= 15 is 0 Å². The SMILES string of the molecule is O=C(c1cnn2c(Br)cccc12)N1CCc2[nH]cnc2[C@H]1c1nc2c(F)cccc2s1. The second-order valence-electron chi connectivity index (χ2n) is 7.26. The zero-order valence-corrected chi connectivity index (χ0v) is 18.3. The number of imidazole rings is 1. The molecule has 0 aliphatic carbocycles. The van der Waals surface area contributed by atoms with Crippen molar-refractivity contribution in [3.63, 3.8) is 0 Å². The van der Waals surface area contributed by atoms with E-state index < -0.39 is 6.04 Å². The van der Waals surface area contributed by atoms with Gasteiger partial charge in [-0.05, 0) is 40.2 Å². The Bertz CT molecular complexity index is 1470. The Labute approximate surface area is 187 Å². The van der Waals surface area contributed by atoms with Crippen LogP contribution < -0.4 is 0 Å². The van der Waals surface area contributed by atoms with Crippen molar-refractivity contribution < 1.29 is 9.18 Å². The maximum atomic E-state index is 14.3. The molecule has 1 aliphatic heterocycles. The van der Waals surface area contributed by atoms with Crippen molar-refractivity contribution in [1.82, 2.24) is 29.5 Å². The average molecular weight is 497 g/mol. The Kier molecular flexibility index (Phi) is 4.19. The molecule has 6 rings (SSSR count).